The Morgan fingerprint density at radius 1 is 1.21 bits per heavy atom. The fourth-order valence-corrected chi connectivity index (χ4v) is 3.04. The van der Waals surface area contributed by atoms with Gasteiger partial charge in [-0.3, -0.25) is 0 Å². The predicted octanol–water partition coefficient (Wildman–Crippen LogP) is 3.53. The van der Waals surface area contributed by atoms with Gasteiger partial charge in [-0.2, -0.15) is 0 Å². The van der Waals surface area contributed by atoms with Crippen LogP contribution in [0.25, 0.3) is 0 Å². The first kappa shape index (κ1) is 14.4. The number of unbranched alkanes of at least 4 members (excludes halogenated alkanes) is 1. The number of aryl methyl sites for hydroxylation is 1. The molecule has 1 aliphatic carbocycles. The first-order valence-electron chi connectivity index (χ1n) is 7.49. The Labute approximate surface area is 117 Å². The molecule has 0 N–H and O–H groups in total. The lowest BCUT2D eigenvalue weighted by molar-refractivity contribution is 0.361. The van der Waals surface area contributed by atoms with Crippen molar-refractivity contribution in [3.8, 4) is 5.75 Å². The number of hydrogen-bond acceptors (Lipinski definition) is 2. The van der Waals surface area contributed by atoms with Gasteiger partial charge in [-0.15, -0.1) is 0 Å². The summed E-state index contributed by atoms with van der Waals surface area (Å²) in [5, 5.41) is 0. The van der Waals surface area contributed by atoms with E-state index in [0.29, 0.717) is 0 Å². The number of benzene rings is 1. The summed E-state index contributed by atoms with van der Waals surface area (Å²) in [6.07, 6.45) is 7.93. The van der Waals surface area contributed by atoms with E-state index in [-0.39, 0.29) is 0 Å². The molecular weight excluding hydrogens is 234 g/mol. The van der Waals surface area contributed by atoms with Crippen molar-refractivity contribution in [2.75, 3.05) is 27.7 Å². The Bertz CT molecular complexity index is 400. The SMILES string of the molecule is COc1ccc2c(c1)CCC(CCCCN(C)C)C2. The summed E-state index contributed by atoms with van der Waals surface area (Å²) in [6, 6.07) is 6.59. The highest BCUT2D eigenvalue weighted by molar-refractivity contribution is 5.37. The van der Waals surface area contributed by atoms with Crippen LogP contribution in [-0.2, 0) is 12.8 Å². The van der Waals surface area contributed by atoms with Crippen LogP contribution < -0.4 is 4.74 Å². The van der Waals surface area contributed by atoms with E-state index in [2.05, 4.69) is 37.2 Å². The van der Waals surface area contributed by atoms with Crippen LogP contribution in [0.3, 0.4) is 0 Å². The van der Waals surface area contributed by atoms with Gasteiger partial charge in [0.15, 0.2) is 0 Å². The number of methoxy groups -OCH3 is 1. The lowest BCUT2D eigenvalue weighted by atomic mass is 9.81. The van der Waals surface area contributed by atoms with Crippen molar-refractivity contribution in [2.24, 2.45) is 5.92 Å². The number of nitrogens with zero attached hydrogens (tertiary/aromatic N) is 1. The molecule has 2 heteroatoms. The molecule has 1 unspecified atom stereocenters. The van der Waals surface area contributed by atoms with E-state index in [9.17, 15) is 0 Å². The summed E-state index contributed by atoms with van der Waals surface area (Å²) < 4.78 is 5.30. The molecule has 0 spiro atoms. The van der Waals surface area contributed by atoms with E-state index in [1.54, 1.807) is 12.7 Å². The third-order valence-electron chi connectivity index (χ3n) is 4.21. The van der Waals surface area contributed by atoms with Gasteiger partial charge in [0.1, 0.15) is 5.75 Å². The molecule has 106 valence electrons. The van der Waals surface area contributed by atoms with Gasteiger partial charge in [-0.05, 0) is 75.5 Å². The minimum atomic E-state index is 0.892. The molecule has 1 atom stereocenters. The van der Waals surface area contributed by atoms with Gasteiger partial charge in [0.05, 0.1) is 7.11 Å². The molecule has 1 aromatic carbocycles. The average Bonchev–Trinajstić information content (AvgIpc) is 2.42. The van der Waals surface area contributed by atoms with E-state index in [4.69, 9.17) is 4.74 Å². The smallest absolute Gasteiger partial charge is 0.119 e. The maximum atomic E-state index is 5.30. The molecule has 0 fully saturated rings. The zero-order valence-electron chi connectivity index (χ0n) is 12.6. The van der Waals surface area contributed by atoms with E-state index < -0.39 is 0 Å². The molecule has 1 aliphatic rings. The first-order valence-corrected chi connectivity index (χ1v) is 7.49. The van der Waals surface area contributed by atoms with Gasteiger partial charge in [0.25, 0.3) is 0 Å². The second kappa shape index (κ2) is 6.95. The van der Waals surface area contributed by atoms with Crippen molar-refractivity contribution in [1.29, 1.82) is 0 Å². The van der Waals surface area contributed by atoms with Gasteiger partial charge < -0.3 is 9.64 Å². The van der Waals surface area contributed by atoms with Crippen molar-refractivity contribution in [1.82, 2.24) is 4.90 Å². The van der Waals surface area contributed by atoms with Crippen molar-refractivity contribution < 1.29 is 4.74 Å². The molecule has 19 heavy (non-hydrogen) atoms. The molecule has 2 rings (SSSR count). The van der Waals surface area contributed by atoms with Gasteiger partial charge in [-0.1, -0.05) is 18.9 Å². The number of fused-ring (bicyclic) bond motifs is 1. The highest BCUT2D eigenvalue weighted by Gasteiger charge is 2.18. The zero-order valence-corrected chi connectivity index (χ0v) is 12.6. The highest BCUT2D eigenvalue weighted by Crippen LogP contribution is 2.30. The Hall–Kier alpha value is -1.02. The summed E-state index contributed by atoms with van der Waals surface area (Å²) in [4.78, 5) is 2.28. The van der Waals surface area contributed by atoms with Crippen LogP contribution in [0.4, 0.5) is 0 Å². The second-order valence-electron chi connectivity index (χ2n) is 6.04. The summed E-state index contributed by atoms with van der Waals surface area (Å²) >= 11 is 0. The van der Waals surface area contributed by atoms with Crippen molar-refractivity contribution in [2.45, 2.75) is 38.5 Å². The maximum Gasteiger partial charge on any atom is 0.119 e. The number of ether oxygens (including phenoxy) is 1. The largest absolute Gasteiger partial charge is 0.497 e. The standard InChI is InChI=1S/C17H27NO/c1-18(2)11-5-4-6-14-7-8-16-13-17(19-3)10-9-15(16)12-14/h9-10,13-14H,4-8,11-12H2,1-3H3. The fourth-order valence-electron chi connectivity index (χ4n) is 3.04. The van der Waals surface area contributed by atoms with Crippen LogP contribution in [0, 0.1) is 5.92 Å². The molecule has 0 amide bonds. The molecule has 1 aromatic rings. The van der Waals surface area contributed by atoms with Crippen LogP contribution in [0.2, 0.25) is 0 Å². The molecular formula is C17H27NO. The van der Waals surface area contributed by atoms with E-state index in [1.807, 2.05) is 0 Å². The molecule has 0 aromatic heterocycles. The van der Waals surface area contributed by atoms with Crippen LogP contribution >= 0.6 is 0 Å². The topological polar surface area (TPSA) is 12.5 Å². The van der Waals surface area contributed by atoms with Crippen LogP contribution in [0.15, 0.2) is 18.2 Å². The molecule has 2 nitrogen and oxygen atoms in total. The normalized spacial score (nSPS) is 18.4. The second-order valence-corrected chi connectivity index (χ2v) is 6.04. The van der Waals surface area contributed by atoms with Crippen molar-refractivity contribution >= 4 is 0 Å². The van der Waals surface area contributed by atoms with E-state index in [0.717, 1.165) is 11.7 Å². The van der Waals surface area contributed by atoms with E-state index >= 15 is 0 Å². The third-order valence-corrected chi connectivity index (χ3v) is 4.21. The summed E-state index contributed by atoms with van der Waals surface area (Å²) in [6.45, 7) is 1.22. The van der Waals surface area contributed by atoms with Gasteiger partial charge in [-0.25, -0.2) is 0 Å². The van der Waals surface area contributed by atoms with E-state index in [1.165, 1.54) is 50.6 Å². The highest BCUT2D eigenvalue weighted by atomic mass is 16.5. The molecule has 0 bridgehead atoms. The molecule has 0 heterocycles. The summed E-state index contributed by atoms with van der Waals surface area (Å²) in [5.41, 5.74) is 3.05. The summed E-state index contributed by atoms with van der Waals surface area (Å²) in [5.74, 6) is 1.89. The Morgan fingerprint density at radius 3 is 2.79 bits per heavy atom. The Kier molecular flexibility index (Phi) is 5.26. The molecule has 0 radical (unpaired) electrons. The molecule has 0 saturated heterocycles. The predicted molar refractivity (Wildman–Crippen MR) is 80.9 cm³/mol. The Balaban J connectivity index is 1.81. The van der Waals surface area contributed by atoms with Crippen LogP contribution in [-0.4, -0.2) is 32.6 Å². The minimum absolute atomic E-state index is 0.892. The average molecular weight is 261 g/mol. The monoisotopic (exact) mass is 261 g/mol. The quantitative estimate of drug-likeness (QED) is 0.726. The number of hydrogen-bond donors (Lipinski definition) is 0. The third kappa shape index (κ3) is 4.24. The summed E-state index contributed by atoms with van der Waals surface area (Å²) in [7, 11) is 6.06. The maximum absolute atomic E-state index is 5.30. The van der Waals surface area contributed by atoms with Crippen LogP contribution in [0.5, 0.6) is 5.75 Å². The first-order chi connectivity index (χ1) is 9.19. The van der Waals surface area contributed by atoms with Crippen molar-refractivity contribution in [3.05, 3.63) is 29.3 Å². The lowest BCUT2D eigenvalue weighted by Gasteiger charge is -2.25. The minimum Gasteiger partial charge on any atom is -0.497 e. The molecule has 0 aliphatic heterocycles. The van der Waals surface area contributed by atoms with Gasteiger partial charge in [0, 0.05) is 0 Å². The van der Waals surface area contributed by atoms with Crippen molar-refractivity contribution in [3.63, 3.8) is 0 Å². The zero-order chi connectivity index (χ0) is 13.7. The van der Waals surface area contributed by atoms with Gasteiger partial charge in [0.2, 0.25) is 0 Å². The van der Waals surface area contributed by atoms with Crippen LogP contribution in [0.1, 0.15) is 36.8 Å². The molecule has 0 saturated carbocycles. The van der Waals surface area contributed by atoms with Gasteiger partial charge >= 0.3 is 0 Å². The fraction of sp³-hybridized carbons (Fsp3) is 0.647. The Morgan fingerprint density at radius 2 is 2.05 bits per heavy atom. The lowest BCUT2D eigenvalue weighted by Crippen LogP contribution is -2.16. The number of rotatable bonds is 6.